The Kier molecular flexibility index (Phi) is 6.24. The standard InChI is InChI=1S/C18H30N6O2/c1-13(2)11-14-12-24-16(18(26)20-14)15(21-22-24)17(25)19-7-6-10-23-8-4-3-5-9-23/h13-14H,3-12H2,1-2H3,(H,19,25)(H,20,26)/t14-/m0/s1. The van der Waals surface area contributed by atoms with Gasteiger partial charge in [0.15, 0.2) is 11.4 Å². The van der Waals surface area contributed by atoms with Crippen LogP contribution in [0.1, 0.15) is 66.9 Å². The summed E-state index contributed by atoms with van der Waals surface area (Å²) in [7, 11) is 0. The van der Waals surface area contributed by atoms with E-state index in [4.69, 9.17) is 0 Å². The molecule has 2 amide bonds. The number of piperidine rings is 1. The molecule has 0 aliphatic carbocycles. The highest BCUT2D eigenvalue weighted by Gasteiger charge is 2.32. The number of nitrogens with zero attached hydrogens (tertiary/aromatic N) is 4. The maximum atomic E-state index is 12.4. The average molecular weight is 362 g/mol. The van der Waals surface area contributed by atoms with Crippen molar-refractivity contribution in [2.75, 3.05) is 26.2 Å². The third kappa shape index (κ3) is 4.60. The lowest BCUT2D eigenvalue weighted by atomic mass is 10.0. The van der Waals surface area contributed by atoms with Crippen LogP contribution in [-0.4, -0.2) is 63.9 Å². The van der Waals surface area contributed by atoms with E-state index >= 15 is 0 Å². The molecule has 0 aromatic carbocycles. The molecule has 2 N–H and O–H groups in total. The van der Waals surface area contributed by atoms with Crippen molar-refractivity contribution in [1.82, 2.24) is 30.5 Å². The lowest BCUT2D eigenvalue weighted by molar-refractivity contribution is 0.0870. The monoisotopic (exact) mass is 362 g/mol. The van der Waals surface area contributed by atoms with Gasteiger partial charge in [0.25, 0.3) is 11.8 Å². The van der Waals surface area contributed by atoms with Crippen LogP contribution in [0.2, 0.25) is 0 Å². The maximum Gasteiger partial charge on any atom is 0.274 e. The van der Waals surface area contributed by atoms with E-state index < -0.39 is 0 Å². The van der Waals surface area contributed by atoms with Crippen LogP contribution in [0.25, 0.3) is 0 Å². The summed E-state index contributed by atoms with van der Waals surface area (Å²) in [6.45, 7) is 8.69. The van der Waals surface area contributed by atoms with Gasteiger partial charge >= 0.3 is 0 Å². The molecule has 3 heterocycles. The molecule has 0 bridgehead atoms. The highest BCUT2D eigenvalue weighted by Crippen LogP contribution is 2.16. The normalized spacial score (nSPS) is 20.7. The number of nitrogens with one attached hydrogen (secondary N) is 2. The largest absolute Gasteiger partial charge is 0.351 e. The smallest absolute Gasteiger partial charge is 0.274 e. The van der Waals surface area contributed by atoms with Crippen LogP contribution in [0.15, 0.2) is 0 Å². The van der Waals surface area contributed by atoms with E-state index in [0.717, 1.165) is 32.5 Å². The molecule has 1 aromatic heterocycles. The summed E-state index contributed by atoms with van der Waals surface area (Å²) in [6, 6.07) is 0.0390. The van der Waals surface area contributed by atoms with Gasteiger partial charge in [0.2, 0.25) is 0 Å². The first-order valence-corrected chi connectivity index (χ1v) is 9.79. The Labute approximate surface area is 154 Å². The Bertz CT molecular complexity index is 636. The van der Waals surface area contributed by atoms with E-state index in [1.807, 2.05) is 0 Å². The minimum absolute atomic E-state index is 0.0390. The molecular formula is C18H30N6O2. The fourth-order valence-corrected chi connectivity index (χ4v) is 3.80. The zero-order valence-electron chi connectivity index (χ0n) is 15.8. The van der Waals surface area contributed by atoms with Gasteiger partial charge in [-0.05, 0) is 51.2 Å². The van der Waals surface area contributed by atoms with Crippen molar-refractivity contribution in [3.8, 4) is 0 Å². The van der Waals surface area contributed by atoms with Gasteiger partial charge in [-0.2, -0.15) is 0 Å². The van der Waals surface area contributed by atoms with E-state index in [1.165, 1.54) is 19.3 Å². The highest BCUT2D eigenvalue weighted by molar-refractivity contribution is 6.05. The van der Waals surface area contributed by atoms with Crippen molar-refractivity contribution in [1.29, 1.82) is 0 Å². The molecular weight excluding hydrogens is 332 g/mol. The van der Waals surface area contributed by atoms with Crippen LogP contribution >= 0.6 is 0 Å². The van der Waals surface area contributed by atoms with Gasteiger partial charge in [-0.3, -0.25) is 9.59 Å². The van der Waals surface area contributed by atoms with E-state index in [1.54, 1.807) is 4.68 Å². The SMILES string of the molecule is CC(C)C[C@H]1Cn2nnc(C(=O)NCCCN3CCCCC3)c2C(=O)N1. The number of hydrogen-bond donors (Lipinski definition) is 2. The summed E-state index contributed by atoms with van der Waals surface area (Å²) in [5, 5.41) is 13.8. The van der Waals surface area contributed by atoms with Crippen molar-refractivity contribution in [2.45, 2.75) is 58.5 Å². The third-order valence-electron chi connectivity index (χ3n) is 5.04. The number of aromatic nitrogens is 3. The second-order valence-corrected chi connectivity index (χ2v) is 7.78. The summed E-state index contributed by atoms with van der Waals surface area (Å²) in [6.07, 6.45) is 5.64. The molecule has 8 heteroatoms. The van der Waals surface area contributed by atoms with Crippen LogP contribution in [-0.2, 0) is 6.54 Å². The van der Waals surface area contributed by atoms with Gasteiger partial charge in [-0.25, -0.2) is 4.68 Å². The molecule has 3 rings (SSSR count). The van der Waals surface area contributed by atoms with Crippen LogP contribution in [0.4, 0.5) is 0 Å². The molecule has 8 nitrogen and oxygen atoms in total. The van der Waals surface area contributed by atoms with Gasteiger partial charge in [0.1, 0.15) is 0 Å². The zero-order valence-corrected chi connectivity index (χ0v) is 15.8. The molecule has 0 saturated carbocycles. The predicted molar refractivity (Wildman–Crippen MR) is 98.0 cm³/mol. The molecule has 1 fully saturated rings. The number of amides is 2. The van der Waals surface area contributed by atoms with Gasteiger partial charge < -0.3 is 15.5 Å². The van der Waals surface area contributed by atoms with Gasteiger partial charge in [-0.1, -0.05) is 25.5 Å². The van der Waals surface area contributed by atoms with Crippen LogP contribution in [0.3, 0.4) is 0 Å². The molecule has 1 saturated heterocycles. The number of fused-ring (bicyclic) bond motifs is 1. The van der Waals surface area contributed by atoms with Crippen molar-refractivity contribution < 1.29 is 9.59 Å². The molecule has 1 atom stereocenters. The highest BCUT2D eigenvalue weighted by atomic mass is 16.2. The predicted octanol–water partition coefficient (Wildman–Crippen LogP) is 1.04. The number of carbonyl (C=O) groups is 2. The first kappa shape index (κ1) is 18.8. The van der Waals surface area contributed by atoms with Gasteiger partial charge in [0, 0.05) is 12.6 Å². The van der Waals surface area contributed by atoms with Gasteiger partial charge in [0.05, 0.1) is 6.54 Å². The number of carbonyl (C=O) groups excluding carboxylic acids is 2. The average Bonchev–Trinajstić information content (AvgIpc) is 3.03. The summed E-state index contributed by atoms with van der Waals surface area (Å²) in [5.74, 6) is -0.0965. The van der Waals surface area contributed by atoms with E-state index in [9.17, 15) is 9.59 Å². The van der Waals surface area contributed by atoms with Crippen molar-refractivity contribution in [3.63, 3.8) is 0 Å². The molecule has 144 valence electrons. The number of hydrogen-bond acceptors (Lipinski definition) is 5. The second kappa shape index (κ2) is 8.62. The van der Waals surface area contributed by atoms with E-state index in [2.05, 4.69) is 39.7 Å². The summed E-state index contributed by atoms with van der Waals surface area (Å²) in [5.41, 5.74) is 0.405. The maximum absolute atomic E-state index is 12.4. The molecule has 2 aliphatic rings. The fraction of sp³-hybridized carbons (Fsp3) is 0.778. The Hall–Kier alpha value is -1.96. The topological polar surface area (TPSA) is 92.2 Å². The molecule has 0 spiro atoms. The number of likely N-dealkylation sites (tertiary alicyclic amines) is 1. The van der Waals surface area contributed by atoms with Crippen molar-refractivity contribution >= 4 is 11.8 Å². The molecule has 26 heavy (non-hydrogen) atoms. The zero-order chi connectivity index (χ0) is 18.5. The first-order chi connectivity index (χ1) is 12.5. The first-order valence-electron chi connectivity index (χ1n) is 9.79. The Morgan fingerprint density at radius 3 is 2.81 bits per heavy atom. The minimum Gasteiger partial charge on any atom is -0.351 e. The third-order valence-corrected chi connectivity index (χ3v) is 5.04. The molecule has 2 aliphatic heterocycles. The van der Waals surface area contributed by atoms with Crippen LogP contribution in [0.5, 0.6) is 0 Å². The molecule has 0 unspecified atom stereocenters. The Morgan fingerprint density at radius 1 is 1.31 bits per heavy atom. The Morgan fingerprint density at radius 2 is 2.08 bits per heavy atom. The number of rotatable bonds is 7. The Balaban J connectivity index is 1.51. The summed E-state index contributed by atoms with van der Waals surface area (Å²) >= 11 is 0. The van der Waals surface area contributed by atoms with Crippen LogP contribution < -0.4 is 10.6 Å². The second-order valence-electron chi connectivity index (χ2n) is 7.78. The quantitative estimate of drug-likeness (QED) is 0.707. The van der Waals surface area contributed by atoms with E-state index in [0.29, 0.717) is 19.0 Å². The summed E-state index contributed by atoms with van der Waals surface area (Å²) in [4.78, 5) is 27.3. The lowest BCUT2D eigenvalue weighted by Gasteiger charge is -2.26. The van der Waals surface area contributed by atoms with Crippen LogP contribution in [0, 0.1) is 5.92 Å². The fourth-order valence-electron chi connectivity index (χ4n) is 3.80. The van der Waals surface area contributed by atoms with Gasteiger partial charge in [-0.15, -0.1) is 5.10 Å². The lowest BCUT2D eigenvalue weighted by Crippen LogP contribution is -2.46. The molecule has 1 aromatic rings. The minimum atomic E-state index is -0.317. The summed E-state index contributed by atoms with van der Waals surface area (Å²) < 4.78 is 1.56. The van der Waals surface area contributed by atoms with Crippen molar-refractivity contribution in [2.24, 2.45) is 5.92 Å². The molecule has 0 radical (unpaired) electrons. The van der Waals surface area contributed by atoms with E-state index in [-0.39, 0.29) is 29.2 Å². The van der Waals surface area contributed by atoms with Crippen molar-refractivity contribution in [3.05, 3.63) is 11.4 Å².